The lowest BCUT2D eigenvalue weighted by Gasteiger charge is -2.35. The number of nitrogens with one attached hydrogen (secondary N) is 1. The number of carbonyl (C=O) groups is 4. The smallest absolute Gasteiger partial charge is 0.471 e. The van der Waals surface area contributed by atoms with E-state index in [-0.39, 0.29) is 66.8 Å². The summed E-state index contributed by atoms with van der Waals surface area (Å²) in [6, 6.07) is 6.27. The van der Waals surface area contributed by atoms with Crippen LogP contribution in [-0.4, -0.2) is 58.4 Å². The molecule has 11 heteroatoms. The van der Waals surface area contributed by atoms with Crippen molar-refractivity contribution in [2.45, 2.75) is 63.8 Å². The topological polar surface area (TPSA) is 130 Å². The monoisotopic (exact) mass is 547 g/mol. The second kappa shape index (κ2) is 10.9. The minimum Gasteiger partial charge on any atom is -0.507 e. The number of Topliss-reactive ketones (excluding diaryl/α,β-unsaturated/α-hetero) is 1. The van der Waals surface area contributed by atoms with Crippen LogP contribution >= 0.6 is 0 Å². The molecule has 2 aliphatic rings. The molecule has 0 spiro atoms. The minimum atomic E-state index is -4.93. The number of hydrogen-bond acceptors (Lipinski definition) is 7. The second-order valence-electron chi connectivity index (χ2n) is 9.87. The molecular formula is C28H28F3NO7. The summed E-state index contributed by atoms with van der Waals surface area (Å²) < 4.78 is 42.5. The first kappa shape index (κ1) is 28.4. The van der Waals surface area contributed by atoms with Crippen molar-refractivity contribution < 1.29 is 47.3 Å². The maximum absolute atomic E-state index is 13.5. The van der Waals surface area contributed by atoms with Gasteiger partial charge in [0.15, 0.2) is 17.3 Å². The van der Waals surface area contributed by atoms with Crippen LogP contribution in [0.25, 0.3) is 0 Å². The molecule has 0 unspecified atom stereocenters. The molecular weight excluding hydrogens is 519 g/mol. The van der Waals surface area contributed by atoms with Gasteiger partial charge >= 0.3 is 12.1 Å². The normalized spacial score (nSPS) is 18.3. The van der Waals surface area contributed by atoms with Crippen LogP contribution in [0.3, 0.4) is 0 Å². The third kappa shape index (κ3) is 5.46. The van der Waals surface area contributed by atoms with Crippen LogP contribution in [0.4, 0.5) is 13.2 Å². The van der Waals surface area contributed by atoms with E-state index in [1.807, 2.05) is 0 Å². The lowest BCUT2D eigenvalue weighted by Crippen LogP contribution is -2.43. The van der Waals surface area contributed by atoms with Gasteiger partial charge in [0, 0.05) is 41.8 Å². The highest BCUT2D eigenvalue weighted by molar-refractivity contribution is 6.30. The molecule has 1 amide bonds. The lowest BCUT2D eigenvalue weighted by atomic mass is 9.71. The van der Waals surface area contributed by atoms with Crippen LogP contribution in [0, 0.1) is 0 Å². The van der Waals surface area contributed by atoms with Gasteiger partial charge in [0.2, 0.25) is 0 Å². The Labute approximate surface area is 222 Å². The van der Waals surface area contributed by atoms with Gasteiger partial charge in [-0.1, -0.05) is 24.3 Å². The highest BCUT2D eigenvalue weighted by Gasteiger charge is 2.43. The fourth-order valence-corrected chi connectivity index (χ4v) is 5.16. The zero-order valence-electron chi connectivity index (χ0n) is 21.2. The minimum absolute atomic E-state index is 0.0399. The highest BCUT2D eigenvalue weighted by atomic mass is 19.4. The SMILES string of the molecule is CC(=O)[C@@]1(O)CCc2c(c(O)c3c(c2COCCCCCNC(=O)C(F)(F)F)C(=O)c2ccccc2C3=O)C1. The number of aliphatic hydroxyl groups is 1. The Balaban J connectivity index is 1.55. The molecule has 4 rings (SSSR count). The number of phenolic OH excluding ortho intramolecular Hbond substituents is 1. The Morgan fingerprint density at radius 2 is 1.67 bits per heavy atom. The number of ketones is 3. The summed E-state index contributed by atoms with van der Waals surface area (Å²) in [7, 11) is 0. The molecule has 0 heterocycles. The molecule has 0 bridgehead atoms. The summed E-state index contributed by atoms with van der Waals surface area (Å²) >= 11 is 0. The number of benzene rings is 2. The van der Waals surface area contributed by atoms with Crippen LogP contribution in [0.15, 0.2) is 24.3 Å². The molecule has 1 atom stereocenters. The number of unbranched alkanes of at least 4 members (excludes halogenated alkanes) is 2. The van der Waals surface area contributed by atoms with E-state index in [2.05, 4.69) is 0 Å². The summed E-state index contributed by atoms with van der Waals surface area (Å²) in [6.45, 7) is 1.22. The fourth-order valence-electron chi connectivity index (χ4n) is 5.16. The number of alkyl halides is 3. The van der Waals surface area contributed by atoms with Gasteiger partial charge in [-0.3, -0.25) is 19.2 Å². The molecule has 2 aromatic rings. The predicted molar refractivity (Wildman–Crippen MR) is 132 cm³/mol. The summed E-state index contributed by atoms with van der Waals surface area (Å²) in [6.07, 6.45) is -3.65. The van der Waals surface area contributed by atoms with Gasteiger partial charge in [-0.25, -0.2) is 0 Å². The molecule has 2 aromatic carbocycles. The molecule has 208 valence electrons. The van der Waals surface area contributed by atoms with Crippen molar-refractivity contribution >= 4 is 23.3 Å². The van der Waals surface area contributed by atoms with Crippen molar-refractivity contribution in [2.24, 2.45) is 0 Å². The van der Waals surface area contributed by atoms with E-state index in [1.54, 1.807) is 17.4 Å². The van der Waals surface area contributed by atoms with E-state index in [0.717, 1.165) is 0 Å². The molecule has 0 saturated carbocycles. The number of halogens is 3. The molecule has 0 saturated heterocycles. The van der Waals surface area contributed by atoms with Gasteiger partial charge in [-0.05, 0) is 50.2 Å². The van der Waals surface area contributed by atoms with E-state index in [1.165, 1.54) is 19.1 Å². The van der Waals surface area contributed by atoms with E-state index in [0.29, 0.717) is 30.4 Å². The molecule has 0 aliphatic heterocycles. The molecule has 0 fully saturated rings. The first-order valence-electron chi connectivity index (χ1n) is 12.6. The van der Waals surface area contributed by atoms with Gasteiger partial charge in [0.25, 0.3) is 0 Å². The first-order valence-corrected chi connectivity index (χ1v) is 12.6. The van der Waals surface area contributed by atoms with Crippen molar-refractivity contribution in [1.29, 1.82) is 0 Å². The highest BCUT2D eigenvalue weighted by Crippen LogP contribution is 2.44. The Kier molecular flexibility index (Phi) is 7.94. The summed E-state index contributed by atoms with van der Waals surface area (Å²) in [5.74, 6) is -3.86. The molecule has 0 radical (unpaired) electrons. The van der Waals surface area contributed by atoms with Gasteiger partial charge in [-0.15, -0.1) is 0 Å². The molecule has 8 nitrogen and oxygen atoms in total. The summed E-state index contributed by atoms with van der Waals surface area (Å²) in [4.78, 5) is 50.0. The van der Waals surface area contributed by atoms with Crippen molar-refractivity contribution in [3.63, 3.8) is 0 Å². The Bertz CT molecular complexity index is 1350. The standard InChI is InChI=1S/C28H28F3NO7/c1-15(33)27(38)10-9-16-19(13-27)25(36)22-21(23(34)17-7-3-4-8-18(17)24(22)35)20(16)14-39-12-6-2-5-11-32-26(37)28(29,30)31/h3-4,7-8,36,38H,2,5-6,9-14H2,1H3,(H,32,37)/t27-/m1/s1. The fraction of sp³-hybridized carbons (Fsp3) is 0.429. The number of ether oxygens (including phenoxy) is 1. The third-order valence-electron chi connectivity index (χ3n) is 7.34. The molecule has 3 N–H and O–H groups in total. The van der Waals surface area contributed by atoms with Crippen molar-refractivity contribution in [2.75, 3.05) is 13.2 Å². The average molecular weight is 548 g/mol. The predicted octanol–water partition coefficient (Wildman–Crippen LogP) is 3.34. The van der Waals surface area contributed by atoms with Crippen molar-refractivity contribution in [1.82, 2.24) is 5.32 Å². The molecule has 39 heavy (non-hydrogen) atoms. The summed E-state index contributed by atoms with van der Waals surface area (Å²) in [5.41, 5.74) is -0.307. The molecule has 0 aromatic heterocycles. The van der Waals surface area contributed by atoms with Gasteiger partial charge in [0.05, 0.1) is 12.2 Å². The number of hydrogen-bond donors (Lipinski definition) is 3. The van der Waals surface area contributed by atoms with Crippen LogP contribution in [0.1, 0.15) is 81.1 Å². The van der Waals surface area contributed by atoms with Gasteiger partial charge < -0.3 is 20.3 Å². The Morgan fingerprint density at radius 1 is 1.03 bits per heavy atom. The van der Waals surface area contributed by atoms with Crippen molar-refractivity contribution in [3.8, 4) is 5.75 Å². The average Bonchev–Trinajstić information content (AvgIpc) is 2.89. The van der Waals surface area contributed by atoms with E-state index in [4.69, 9.17) is 4.74 Å². The third-order valence-corrected chi connectivity index (χ3v) is 7.34. The first-order chi connectivity index (χ1) is 18.4. The maximum Gasteiger partial charge on any atom is 0.471 e. The number of amides is 1. The number of rotatable bonds is 9. The number of carbonyl (C=O) groups excluding carboxylic acids is 4. The van der Waals surface area contributed by atoms with Crippen LogP contribution in [0.2, 0.25) is 0 Å². The van der Waals surface area contributed by atoms with E-state index >= 15 is 0 Å². The van der Waals surface area contributed by atoms with Crippen LogP contribution < -0.4 is 5.32 Å². The van der Waals surface area contributed by atoms with Gasteiger partial charge in [-0.2, -0.15) is 13.2 Å². The van der Waals surface area contributed by atoms with E-state index < -0.39 is 40.8 Å². The number of aromatic hydroxyl groups is 1. The van der Waals surface area contributed by atoms with Crippen LogP contribution in [0.5, 0.6) is 5.75 Å². The van der Waals surface area contributed by atoms with E-state index in [9.17, 15) is 42.6 Å². The zero-order chi connectivity index (χ0) is 28.5. The van der Waals surface area contributed by atoms with Crippen LogP contribution in [-0.2, 0) is 33.8 Å². The lowest BCUT2D eigenvalue weighted by molar-refractivity contribution is -0.173. The van der Waals surface area contributed by atoms with Gasteiger partial charge in [0.1, 0.15) is 11.4 Å². The summed E-state index contributed by atoms with van der Waals surface area (Å²) in [5, 5.41) is 23.8. The van der Waals surface area contributed by atoms with Crippen molar-refractivity contribution in [3.05, 3.63) is 63.2 Å². The number of fused-ring (bicyclic) bond motifs is 3. The number of phenols is 1. The molecule has 2 aliphatic carbocycles. The second-order valence-corrected chi connectivity index (χ2v) is 9.87. The zero-order valence-corrected chi connectivity index (χ0v) is 21.2. The Morgan fingerprint density at radius 3 is 2.28 bits per heavy atom. The Hall–Kier alpha value is -3.57. The largest absolute Gasteiger partial charge is 0.507 e. The quantitative estimate of drug-likeness (QED) is 0.351. The maximum atomic E-state index is 13.5.